The van der Waals surface area contributed by atoms with Gasteiger partial charge in [-0.1, -0.05) is 23.7 Å². The largest absolute Gasteiger partial charge is 0.268 e. The van der Waals surface area contributed by atoms with Crippen LogP contribution in [0.2, 0.25) is 5.02 Å². The SMILES string of the molecule is FC1(c2ccc(Cl)cc2)C=CC=NN1. The predicted octanol–water partition coefficient (Wildman–Crippen LogP) is 2.61. The topological polar surface area (TPSA) is 24.4 Å². The van der Waals surface area contributed by atoms with Gasteiger partial charge in [0.2, 0.25) is 5.79 Å². The van der Waals surface area contributed by atoms with Crippen molar-refractivity contribution in [2.24, 2.45) is 5.10 Å². The summed E-state index contributed by atoms with van der Waals surface area (Å²) in [5, 5.41) is 4.24. The second kappa shape index (κ2) is 3.42. The van der Waals surface area contributed by atoms with Crippen molar-refractivity contribution >= 4 is 17.8 Å². The van der Waals surface area contributed by atoms with E-state index >= 15 is 0 Å². The highest BCUT2D eigenvalue weighted by atomic mass is 35.5. The number of allylic oxidation sites excluding steroid dienone is 1. The zero-order valence-electron chi connectivity index (χ0n) is 7.24. The monoisotopic (exact) mass is 210 g/mol. The lowest BCUT2D eigenvalue weighted by Gasteiger charge is -2.23. The lowest BCUT2D eigenvalue weighted by molar-refractivity contribution is 0.179. The van der Waals surface area contributed by atoms with Gasteiger partial charge in [-0.25, -0.2) is 4.39 Å². The summed E-state index contributed by atoms with van der Waals surface area (Å²) in [7, 11) is 0. The predicted molar refractivity (Wildman–Crippen MR) is 55.0 cm³/mol. The van der Waals surface area contributed by atoms with E-state index in [1.54, 1.807) is 30.3 Å². The molecular weight excluding hydrogens is 203 g/mol. The first kappa shape index (κ1) is 9.21. The molecule has 72 valence electrons. The molecule has 0 fully saturated rings. The van der Waals surface area contributed by atoms with Gasteiger partial charge in [0.05, 0.1) is 0 Å². The first-order valence-electron chi connectivity index (χ1n) is 4.14. The smallest absolute Gasteiger partial charge is 0.239 e. The third kappa shape index (κ3) is 1.63. The fourth-order valence-corrected chi connectivity index (χ4v) is 1.37. The van der Waals surface area contributed by atoms with Gasteiger partial charge in [0.25, 0.3) is 0 Å². The molecule has 0 spiro atoms. The number of nitrogens with one attached hydrogen (secondary N) is 1. The zero-order valence-corrected chi connectivity index (χ0v) is 8.00. The number of halogens is 2. The summed E-state index contributed by atoms with van der Waals surface area (Å²) in [4.78, 5) is 0. The minimum absolute atomic E-state index is 0.481. The molecule has 0 saturated carbocycles. The third-order valence-corrected chi connectivity index (χ3v) is 2.23. The maximum atomic E-state index is 14.1. The van der Waals surface area contributed by atoms with Crippen LogP contribution in [-0.4, -0.2) is 6.21 Å². The highest BCUT2D eigenvalue weighted by molar-refractivity contribution is 6.30. The molecule has 0 amide bonds. The molecule has 2 nitrogen and oxygen atoms in total. The number of alkyl halides is 1. The van der Waals surface area contributed by atoms with E-state index in [1.165, 1.54) is 12.3 Å². The average Bonchev–Trinajstić information content (AvgIpc) is 2.19. The summed E-state index contributed by atoms with van der Waals surface area (Å²) in [6.07, 6.45) is 4.46. The number of hydrogen-bond acceptors (Lipinski definition) is 2. The Hall–Kier alpha value is -1.35. The molecule has 2 rings (SSSR count). The summed E-state index contributed by atoms with van der Waals surface area (Å²) in [5.74, 6) is -1.72. The molecule has 0 saturated heterocycles. The Labute approximate surface area is 86.1 Å². The fraction of sp³-hybridized carbons (Fsp3) is 0.100. The minimum atomic E-state index is -1.72. The summed E-state index contributed by atoms with van der Waals surface area (Å²) in [6, 6.07) is 6.54. The van der Waals surface area contributed by atoms with E-state index in [1.807, 2.05) is 0 Å². The fourth-order valence-electron chi connectivity index (χ4n) is 1.24. The Bertz CT molecular complexity index is 386. The van der Waals surface area contributed by atoms with Crippen molar-refractivity contribution in [3.8, 4) is 0 Å². The first-order valence-corrected chi connectivity index (χ1v) is 4.51. The van der Waals surface area contributed by atoms with Crippen LogP contribution in [0.25, 0.3) is 0 Å². The molecule has 1 atom stereocenters. The summed E-state index contributed by atoms with van der Waals surface area (Å²) < 4.78 is 14.1. The highest BCUT2D eigenvalue weighted by Crippen LogP contribution is 2.26. The summed E-state index contributed by atoms with van der Waals surface area (Å²) in [5.41, 5.74) is 2.89. The maximum absolute atomic E-state index is 14.1. The molecule has 0 aliphatic carbocycles. The molecule has 1 aromatic carbocycles. The van der Waals surface area contributed by atoms with Crippen LogP contribution in [0.3, 0.4) is 0 Å². The number of nitrogens with zero attached hydrogens (tertiary/aromatic N) is 1. The number of rotatable bonds is 1. The zero-order chi connectivity index (χ0) is 10.0. The van der Waals surface area contributed by atoms with Crippen LogP contribution in [0.5, 0.6) is 0 Å². The number of hydrogen-bond donors (Lipinski definition) is 1. The van der Waals surface area contributed by atoms with Crippen molar-refractivity contribution in [1.29, 1.82) is 0 Å². The van der Waals surface area contributed by atoms with Crippen molar-refractivity contribution < 1.29 is 4.39 Å². The minimum Gasteiger partial charge on any atom is -0.268 e. The lowest BCUT2D eigenvalue weighted by atomic mass is 10.0. The third-order valence-electron chi connectivity index (χ3n) is 1.98. The molecule has 1 N–H and O–H groups in total. The maximum Gasteiger partial charge on any atom is 0.239 e. The average molecular weight is 211 g/mol. The van der Waals surface area contributed by atoms with E-state index in [4.69, 9.17) is 11.6 Å². The Morgan fingerprint density at radius 3 is 2.57 bits per heavy atom. The van der Waals surface area contributed by atoms with Gasteiger partial charge in [-0.3, -0.25) is 5.43 Å². The van der Waals surface area contributed by atoms with Crippen LogP contribution >= 0.6 is 11.6 Å². The van der Waals surface area contributed by atoms with Crippen molar-refractivity contribution in [2.45, 2.75) is 5.79 Å². The van der Waals surface area contributed by atoms with Gasteiger partial charge < -0.3 is 0 Å². The van der Waals surface area contributed by atoms with Crippen LogP contribution in [0, 0.1) is 0 Å². The van der Waals surface area contributed by atoms with E-state index in [0.29, 0.717) is 10.6 Å². The van der Waals surface area contributed by atoms with Gasteiger partial charge in [-0.05, 0) is 24.3 Å². The van der Waals surface area contributed by atoms with E-state index in [-0.39, 0.29) is 0 Å². The molecule has 1 aromatic rings. The second-order valence-corrected chi connectivity index (χ2v) is 3.40. The second-order valence-electron chi connectivity index (χ2n) is 2.97. The number of benzene rings is 1. The molecule has 1 unspecified atom stereocenters. The summed E-state index contributed by atoms with van der Waals surface area (Å²) >= 11 is 5.71. The first-order chi connectivity index (χ1) is 6.71. The van der Waals surface area contributed by atoms with E-state index in [9.17, 15) is 4.39 Å². The van der Waals surface area contributed by atoms with Crippen LogP contribution in [0.15, 0.2) is 41.5 Å². The van der Waals surface area contributed by atoms with Crippen LogP contribution in [0.4, 0.5) is 4.39 Å². The van der Waals surface area contributed by atoms with E-state index < -0.39 is 5.79 Å². The van der Waals surface area contributed by atoms with Crippen LogP contribution in [0.1, 0.15) is 5.56 Å². The quantitative estimate of drug-likeness (QED) is 0.708. The van der Waals surface area contributed by atoms with E-state index in [0.717, 1.165) is 0 Å². The van der Waals surface area contributed by atoms with Gasteiger partial charge in [0.15, 0.2) is 0 Å². The molecule has 1 heterocycles. The molecule has 0 radical (unpaired) electrons. The van der Waals surface area contributed by atoms with Crippen molar-refractivity contribution in [3.63, 3.8) is 0 Å². The highest BCUT2D eigenvalue weighted by Gasteiger charge is 2.28. The Balaban J connectivity index is 2.34. The van der Waals surface area contributed by atoms with E-state index in [2.05, 4.69) is 10.5 Å². The molecule has 4 heteroatoms. The Morgan fingerprint density at radius 1 is 1.29 bits per heavy atom. The Kier molecular flexibility index (Phi) is 2.25. The number of hydrazone groups is 1. The van der Waals surface area contributed by atoms with Crippen LogP contribution in [-0.2, 0) is 5.79 Å². The van der Waals surface area contributed by atoms with Crippen molar-refractivity contribution in [3.05, 3.63) is 47.0 Å². The molecule has 0 bridgehead atoms. The molecule has 14 heavy (non-hydrogen) atoms. The Morgan fingerprint density at radius 2 is 2.00 bits per heavy atom. The van der Waals surface area contributed by atoms with Gasteiger partial charge >= 0.3 is 0 Å². The summed E-state index contributed by atoms with van der Waals surface area (Å²) in [6.45, 7) is 0. The van der Waals surface area contributed by atoms with Gasteiger partial charge in [0.1, 0.15) is 0 Å². The molecule has 1 aliphatic heterocycles. The van der Waals surface area contributed by atoms with Gasteiger partial charge in [-0.2, -0.15) is 5.10 Å². The normalized spacial score (nSPS) is 24.7. The lowest BCUT2D eigenvalue weighted by Crippen LogP contribution is -2.34. The molecule has 0 aromatic heterocycles. The van der Waals surface area contributed by atoms with Crippen molar-refractivity contribution in [2.75, 3.05) is 0 Å². The van der Waals surface area contributed by atoms with Crippen LogP contribution < -0.4 is 5.43 Å². The van der Waals surface area contributed by atoms with Crippen molar-refractivity contribution in [1.82, 2.24) is 5.43 Å². The van der Waals surface area contributed by atoms with Gasteiger partial charge in [-0.15, -0.1) is 0 Å². The molecule has 1 aliphatic rings. The molecular formula is C10H8ClFN2. The van der Waals surface area contributed by atoms with Gasteiger partial charge in [0, 0.05) is 16.8 Å². The standard InChI is InChI=1S/C10H8ClFN2/c11-9-4-2-8(3-5-9)10(12)6-1-7-13-14-10/h1-7,14H.